The fourth-order valence-corrected chi connectivity index (χ4v) is 2.01. The number of carbonyl (C=O) groups is 1. The molecule has 1 amide bonds. The largest absolute Gasteiger partial charge is 0.344 e. The number of thiazole rings is 1. The standard InChI is InChI=1S/C6H6Cl2N2OS/c1-10(2)5(11)3-4(7)9-6(8)12-3/h1-2H3. The molecular formula is C6H6Cl2N2OS. The van der Waals surface area contributed by atoms with Crippen LogP contribution in [0.1, 0.15) is 9.67 Å². The second-order valence-corrected chi connectivity index (χ2v) is 4.23. The molecule has 0 radical (unpaired) electrons. The van der Waals surface area contributed by atoms with E-state index < -0.39 is 0 Å². The predicted molar refractivity (Wildman–Crippen MR) is 50.2 cm³/mol. The van der Waals surface area contributed by atoms with Gasteiger partial charge in [0.05, 0.1) is 0 Å². The molecular weight excluding hydrogens is 219 g/mol. The van der Waals surface area contributed by atoms with Gasteiger partial charge >= 0.3 is 0 Å². The first-order valence-corrected chi connectivity index (χ1v) is 4.63. The zero-order valence-electron chi connectivity index (χ0n) is 6.47. The van der Waals surface area contributed by atoms with Crippen molar-refractivity contribution in [3.8, 4) is 0 Å². The lowest BCUT2D eigenvalue weighted by molar-refractivity contribution is 0.0832. The Kier molecular flexibility index (Phi) is 2.93. The van der Waals surface area contributed by atoms with Crippen molar-refractivity contribution < 1.29 is 4.79 Å². The molecule has 1 aromatic heterocycles. The molecule has 0 aliphatic rings. The van der Waals surface area contributed by atoms with Crippen molar-refractivity contribution in [3.63, 3.8) is 0 Å². The summed E-state index contributed by atoms with van der Waals surface area (Å²) in [4.78, 5) is 16.9. The highest BCUT2D eigenvalue weighted by Gasteiger charge is 2.17. The summed E-state index contributed by atoms with van der Waals surface area (Å²) in [5, 5.41) is 0.170. The summed E-state index contributed by atoms with van der Waals surface area (Å²) in [5.41, 5.74) is 0. The van der Waals surface area contributed by atoms with Crippen molar-refractivity contribution in [3.05, 3.63) is 14.5 Å². The van der Waals surface area contributed by atoms with E-state index >= 15 is 0 Å². The lowest BCUT2D eigenvalue weighted by Crippen LogP contribution is -2.20. The second-order valence-electron chi connectivity index (χ2n) is 2.29. The van der Waals surface area contributed by atoms with Gasteiger partial charge in [-0.15, -0.1) is 0 Å². The Morgan fingerprint density at radius 3 is 2.42 bits per heavy atom. The van der Waals surface area contributed by atoms with Gasteiger partial charge < -0.3 is 4.90 Å². The topological polar surface area (TPSA) is 33.2 Å². The molecule has 0 saturated carbocycles. The third-order valence-corrected chi connectivity index (χ3v) is 2.69. The predicted octanol–water partition coefficient (Wildman–Crippen LogP) is 2.15. The van der Waals surface area contributed by atoms with E-state index in [1.807, 2.05) is 0 Å². The van der Waals surface area contributed by atoms with Crippen LogP contribution in [-0.2, 0) is 0 Å². The van der Waals surface area contributed by atoms with Crippen LogP contribution in [0.4, 0.5) is 0 Å². The first kappa shape index (κ1) is 9.77. The molecule has 0 unspecified atom stereocenters. The minimum atomic E-state index is -0.176. The van der Waals surface area contributed by atoms with E-state index in [4.69, 9.17) is 23.2 Å². The zero-order chi connectivity index (χ0) is 9.30. The normalized spacial score (nSPS) is 10.0. The number of aromatic nitrogens is 1. The maximum atomic E-state index is 11.3. The number of hydrogen-bond acceptors (Lipinski definition) is 3. The highest BCUT2D eigenvalue weighted by molar-refractivity contribution is 7.18. The van der Waals surface area contributed by atoms with Crippen molar-refractivity contribution in [1.29, 1.82) is 0 Å². The van der Waals surface area contributed by atoms with Gasteiger partial charge in [0.2, 0.25) is 0 Å². The van der Waals surface area contributed by atoms with Crippen LogP contribution >= 0.6 is 34.5 Å². The van der Waals surface area contributed by atoms with Crippen LogP contribution in [0, 0.1) is 0 Å². The monoisotopic (exact) mass is 224 g/mol. The second kappa shape index (κ2) is 3.60. The first-order chi connectivity index (χ1) is 5.52. The van der Waals surface area contributed by atoms with Gasteiger partial charge in [0.1, 0.15) is 4.88 Å². The third-order valence-electron chi connectivity index (χ3n) is 1.16. The van der Waals surface area contributed by atoms with E-state index in [-0.39, 0.29) is 15.5 Å². The number of nitrogens with zero attached hydrogens (tertiary/aromatic N) is 2. The van der Waals surface area contributed by atoms with Crippen LogP contribution in [0.15, 0.2) is 0 Å². The summed E-state index contributed by atoms with van der Waals surface area (Å²) in [6, 6.07) is 0. The molecule has 1 heterocycles. The van der Waals surface area contributed by atoms with E-state index in [1.54, 1.807) is 14.1 Å². The highest BCUT2D eigenvalue weighted by atomic mass is 35.5. The number of hydrogen-bond donors (Lipinski definition) is 0. The number of carbonyl (C=O) groups excluding carboxylic acids is 1. The van der Waals surface area contributed by atoms with E-state index in [1.165, 1.54) is 4.90 Å². The Hall–Kier alpha value is -0.320. The smallest absolute Gasteiger partial charge is 0.266 e. The molecule has 0 fully saturated rings. The minimum Gasteiger partial charge on any atom is -0.344 e. The molecule has 1 rings (SSSR count). The lowest BCUT2D eigenvalue weighted by atomic mass is 10.5. The van der Waals surface area contributed by atoms with Gasteiger partial charge in [0, 0.05) is 14.1 Å². The summed E-state index contributed by atoms with van der Waals surface area (Å²) in [6.07, 6.45) is 0. The van der Waals surface area contributed by atoms with E-state index in [0.717, 1.165) is 11.3 Å². The molecule has 3 nitrogen and oxygen atoms in total. The maximum Gasteiger partial charge on any atom is 0.266 e. The van der Waals surface area contributed by atoms with Gasteiger partial charge in [-0.2, -0.15) is 0 Å². The first-order valence-electron chi connectivity index (χ1n) is 3.06. The van der Waals surface area contributed by atoms with Gasteiger partial charge in [-0.25, -0.2) is 4.98 Å². The molecule has 6 heteroatoms. The van der Waals surface area contributed by atoms with Crippen molar-refractivity contribution in [2.75, 3.05) is 14.1 Å². The Morgan fingerprint density at radius 1 is 1.50 bits per heavy atom. The number of rotatable bonds is 1. The molecule has 0 aliphatic heterocycles. The minimum absolute atomic E-state index is 0.170. The molecule has 0 aromatic carbocycles. The molecule has 12 heavy (non-hydrogen) atoms. The van der Waals surface area contributed by atoms with Gasteiger partial charge in [0.15, 0.2) is 9.62 Å². The molecule has 0 atom stereocenters. The average molecular weight is 225 g/mol. The van der Waals surface area contributed by atoms with Crippen molar-refractivity contribution >= 4 is 40.4 Å². The SMILES string of the molecule is CN(C)C(=O)c1sc(Cl)nc1Cl. The van der Waals surface area contributed by atoms with Crippen LogP contribution in [0.5, 0.6) is 0 Å². The van der Waals surface area contributed by atoms with Gasteiger partial charge in [-0.1, -0.05) is 34.5 Å². The lowest BCUT2D eigenvalue weighted by Gasteiger charge is -2.07. The van der Waals surface area contributed by atoms with E-state index in [2.05, 4.69) is 4.98 Å². The summed E-state index contributed by atoms with van der Waals surface area (Å²) >= 11 is 12.3. The molecule has 66 valence electrons. The van der Waals surface area contributed by atoms with E-state index in [0.29, 0.717) is 4.88 Å². The van der Waals surface area contributed by atoms with Crippen LogP contribution in [0.2, 0.25) is 9.62 Å². The maximum absolute atomic E-state index is 11.3. The van der Waals surface area contributed by atoms with Gasteiger partial charge in [-0.3, -0.25) is 4.79 Å². The molecule has 1 aromatic rings. The Bertz CT molecular complexity index is 310. The molecule has 0 bridgehead atoms. The van der Waals surface area contributed by atoms with Crippen molar-refractivity contribution in [2.24, 2.45) is 0 Å². The summed E-state index contributed by atoms with van der Waals surface area (Å²) < 4.78 is 0.283. The van der Waals surface area contributed by atoms with Gasteiger partial charge in [-0.05, 0) is 0 Å². The molecule has 0 spiro atoms. The quantitative estimate of drug-likeness (QED) is 0.733. The fraction of sp³-hybridized carbons (Fsp3) is 0.333. The molecule has 0 saturated heterocycles. The summed E-state index contributed by atoms with van der Waals surface area (Å²) in [5.74, 6) is -0.176. The Morgan fingerprint density at radius 2 is 2.08 bits per heavy atom. The van der Waals surface area contributed by atoms with Gasteiger partial charge in [0.25, 0.3) is 5.91 Å². The summed E-state index contributed by atoms with van der Waals surface area (Å²) in [6.45, 7) is 0. The van der Waals surface area contributed by atoms with Crippen molar-refractivity contribution in [1.82, 2.24) is 9.88 Å². The van der Waals surface area contributed by atoms with Crippen LogP contribution in [0.25, 0.3) is 0 Å². The molecule has 0 N–H and O–H groups in total. The Balaban J connectivity index is 3.02. The fourth-order valence-electron chi connectivity index (χ4n) is 0.612. The number of amides is 1. The zero-order valence-corrected chi connectivity index (χ0v) is 8.80. The van der Waals surface area contributed by atoms with Crippen LogP contribution in [-0.4, -0.2) is 29.9 Å². The third kappa shape index (κ3) is 1.88. The molecule has 0 aliphatic carbocycles. The highest BCUT2D eigenvalue weighted by Crippen LogP contribution is 2.27. The van der Waals surface area contributed by atoms with Crippen LogP contribution < -0.4 is 0 Å². The number of halogens is 2. The summed E-state index contributed by atoms with van der Waals surface area (Å²) in [7, 11) is 3.29. The van der Waals surface area contributed by atoms with E-state index in [9.17, 15) is 4.79 Å². The average Bonchev–Trinajstić information content (AvgIpc) is 2.28. The van der Waals surface area contributed by atoms with Crippen molar-refractivity contribution in [2.45, 2.75) is 0 Å². The van der Waals surface area contributed by atoms with Crippen LogP contribution in [0.3, 0.4) is 0 Å². The Labute approximate surface area is 83.9 Å².